The molecule has 1 heterocycles. The Kier molecular flexibility index (Phi) is 6.22. The lowest BCUT2D eigenvalue weighted by Gasteiger charge is -2.34. The van der Waals surface area contributed by atoms with E-state index in [1.54, 1.807) is 6.33 Å². The second-order valence-corrected chi connectivity index (χ2v) is 7.05. The Morgan fingerprint density at radius 1 is 1.38 bits per heavy atom. The fourth-order valence-corrected chi connectivity index (χ4v) is 3.71. The molecule has 0 spiro atoms. The summed E-state index contributed by atoms with van der Waals surface area (Å²) in [4.78, 5) is 4.50. The molecule has 2 rings (SSSR count). The molecular weight excluding hydrogens is 260 g/mol. The van der Waals surface area contributed by atoms with E-state index in [1.165, 1.54) is 32.1 Å². The molecule has 4 heteroatoms. The number of nitrogens with one attached hydrogen (secondary N) is 1. The van der Waals surface area contributed by atoms with E-state index in [1.807, 2.05) is 0 Å². The Morgan fingerprint density at radius 2 is 2.19 bits per heavy atom. The first-order valence-electron chi connectivity index (χ1n) is 8.67. The highest BCUT2D eigenvalue weighted by Crippen LogP contribution is 2.33. The van der Waals surface area contributed by atoms with Crippen LogP contribution in [0.5, 0.6) is 0 Å². The Bertz CT molecular complexity index is 413. The molecule has 0 aromatic carbocycles. The van der Waals surface area contributed by atoms with E-state index in [0.717, 1.165) is 30.6 Å². The summed E-state index contributed by atoms with van der Waals surface area (Å²) >= 11 is 0. The van der Waals surface area contributed by atoms with Gasteiger partial charge < -0.3 is 5.32 Å². The molecule has 0 amide bonds. The third-order valence-electron chi connectivity index (χ3n) is 4.98. The lowest BCUT2D eigenvalue weighted by Crippen LogP contribution is -2.39. The second kappa shape index (κ2) is 7.92. The van der Waals surface area contributed by atoms with E-state index in [-0.39, 0.29) is 0 Å². The van der Waals surface area contributed by atoms with Crippen LogP contribution >= 0.6 is 0 Å². The Labute approximate surface area is 129 Å². The van der Waals surface area contributed by atoms with Crippen molar-refractivity contribution < 1.29 is 0 Å². The van der Waals surface area contributed by atoms with Crippen LogP contribution in [-0.2, 0) is 13.0 Å². The molecule has 3 unspecified atom stereocenters. The van der Waals surface area contributed by atoms with Gasteiger partial charge in [0.1, 0.15) is 12.2 Å². The molecule has 1 aromatic heterocycles. The zero-order valence-electron chi connectivity index (χ0n) is 14.2. The summed E-state index contributed by atoms with van der Waals surface area (Å²) < 4.78 is 2.09. The number of rotatable bonds is 7. The first-order valence-corrected chi connectivity index (χ1v) is 8.67. The van der Waals surface area contributed by atoms with Gasteiger partial charge in [-0.2, -0.15) is 5.10 Å². The summed E-state index contributed by atoms with van der Waals surface area (Å²) in [7, 11) is 2.10. The maximum Gasteiger partial charge on any atom is 0.138 e. The molecule has 1 aromatic rings. The summed E-state index contributed by atoms with van der Waals surface area (Å²) in [6.45, 7) is 7.76. The van der Waals surface area contributed by atoms with Crippen LogP contribution in [-0.4, -0.2) is 27.9 Å². The molecule has 0 saturated heterocycles. The van der Waals surface area contributed by atoms with Gasteiger partial charge in [0.05, 0.1) is 0 Å². The largest absolute Gasteiger partial charge is 0.316 e. The first-order chi connectivity index (χ1) is 10.1. The standard InChI is InChI=1S/C17H32N4/c1-5-14-7-6-8-15(9-14)16(18-4)10-17-19-12-20-21(17)11-13(2)3/h12-16,18H,5-11H2,1-4H3. The van der Waals surface area contributed by atoms with Crippen LogP contribution in [0, 0.1) is 17.8 Å². The minimum absolute atomic E-state index is 0.537. The lowest BCUT2D eigenvalue weighted by atomic mass is 9.76. The molecule has 0 radical (unpaired) electrons. The molecule has 1 fully saturated rings. The Hall–Kier alpha value is -0.900. The van der Waals surface area contributed by atoms with Gasteiger partial charge in [-0.05, 0) is 37.6 Å². The summed E-state index contributed by atoms with van der Waals surface area (Å²) in [6, 6.07) is 0.537. The third kappa shape index (κ3) is 4.53. The summed E-state index contributed by atoms with van der Waals surface area (Å²) in [5, 5.41) is 7.95. The molecule has 4 nitrogen and oxygen atoms in total. The van der Waals surface area contributed by atoms with Gasteiger partial charge in [0.25, 0.3) is 0 Å². The average molecular weight is 292 g/mol. The second-order valence-electron chi connectivity index (χ2n) is 7.05. The van der Waals surface area contributed by atoms with Gasteiger partial charge in [0, 0.05) is 19.0 Å². The lowest BCUT2D eigenvalue weighted by molar-refractivity contribution is 0.210. The van der Waals surface area contributed by atoms with Crippen molar-refractivity contribution in [2.75, 3.05) is 7.05 Å². The van der Waals surface area contributed by atoms with Crippen molar-refractivity contribution in [2.24, 2.45) is 17.8 Å². The van der Waals surface area contributed by atoms with Crippen LogP contribution in [0.4, 0.5) is 0 Å². The normalized spacial score (nSPS) is 24.4. The minimum Gasteiger partial charge on any atom is -0.316 e. The number of likely N-dealkylation sites (N-methyl/N-ethyl adjacent to an activating group) is 1. The van der Waals surface area contributed by atoms with Crippen molar-refractivity contribution in [3.8, 4) is 0 Å². The molecule has 1 saturated carbocycles. The van der Waals surface area contributed by atoms with Crippen molar-refractivity contribution in [2.45, 2.75) is 71.9 Å². The van der Waals surface area contributed by atoms with Crippen LogP contribution in [0.25, 0.3) is 0 Å². The molecule has 21 heavy (non-hydrogen) atoms. The van der Waals surface area contributed by atoms with Crippen LogP contribution < -0.4 is 5.32 Å². The zero-order chi connectivity index (χ0) is 15.2. The van der Waals surface area contributed by atoms with Gasteiger partial charge in [-0.25, -0.2) is 9.67 Å². The van der Waals surface area contributed by atoms with Crippen molar-refractivity contribution in [1.82, 2.24) is 20.1 Å². The van der Waals surface area contributed by atoms with E-state index >= 15 is 0 Å². The van der Waals surface area contributed by atoms with E-state index in [2.05, 4.69) is 47.9 Å². The highest BCUT2D eigenvalue weighted by atomic mass is 15.3. The maximum absolute atomic E-state index is 4.50. The number of nitrogens with zero attached hydrogens (tertiary/aromatic N) is 3. The van der Waals surface area contributed by atoms with Crippen molar-refractivity contribution in [1.29, 1.82) is 0 Å². The topological polar surface area (TPSA) is 42.7 Å². The zero-order valence-corrected chi connectivity index (χ0v) is 14.2. The summed E-state index contributed by atoms with van der Waals surface area (Å²) in [5.41, 5.74) is 0. The predicted octanol–water partition coefficient (Wildman–Crippen LogP) is 3.28. The fraction of sp³-hybridized carbons (Fsp3) is 0.882. The van der Waals surface area contributed by atoms with Crippen LogP contribution in [0.3, 0.4) is 0 Å². The van der Waals surface area contributed by atoms with Crippen molar-refractivity contribution >= 4 is 0 Å². The van der Waals surface area contributed by atoms with Crippen LogP contribution in [0.15, 0.2) is 6.33 Å². The first kappa shape index (κ1) is 16.5. The summed E-state index contributed by atoms with van der Waals surface area (Å²) in [6.07, 6.45) is 9.59. The van der Waals surface area contributed by atoms with E-state index in [9.17, 15) is 0 Å². The van der Waals surface area contributed by atoms with Gasteiger partial charge in [-0.3, -0.25) is 0 Å². The summed E-state index contributed by atoms with van der Waals surface area (Å²) in [5.74, 6) is 3.46. The van der Waals surface area contributed by atoms with Gasteiger partial charge in [-0.1, -0.05) is 40.0 Å². The molecular formula is C17H32N4. The number of hydrogen-bond donors (Lipinski definition) is 1. The number of aromatic nitrogens is 3. The van der Waals surface area contributed by atoms with Gasteiger partial charge in [0.2, 0.25) is 0 Å². The van der Waals surface area contributed by atoms with Gasteiger partial charge >= 0.3 is 0 Å². The molecule has 1 aliphatic carbocycles. The van der Waals surface area contributed by atoms with Crippen LogP contribution in [0.2, 0.25) is 0 Å². The molecule has 0 aliphatic heterocycles. The molecule has 1 aliphatic rings. The highest BCUT2D eigenvalue weighted by Gasteiger charge is 2.28. The highest BCUT2D eigenvalue weighted by molar-refractivity contribution is 4.93. The maximum atomic E-state index is 4.50. The molecule has 1 N–H and O–H groups in total. The van der Waals surface area contributed by atoms with Crippen molar-refractivity contribution in [3.05, 3.63) is 12.2 Å². The average Bonchev–Trinajstić information content (AvgIpc) is 2.91. The Balaban J connectivity index is 2.00. The van der Waals surface area contributed by atoms with E-state index < -0.39 is 0 Å². The van der Waals surface area contributed by atoms with Gasteiger partial charge in [-0.15, -0.1) is 0 Å². The predicted molar refractivity (Wildman–Crippen MR) is 87.2 cm³/mol. The minimum atomic E-state index is 0.537. The van der Waals surface area contributed by atoms with Crippen LogP contribution in [0.1, 0.15) is 58.7 Å². The van der Waals surface area contributed by atoms with Gasteiger partial charge in [0.15, 0.2) is 0 Å². The molecule has 0 bridgehead atoms. The number of hydrogen-bond acceptors (Lipinski definition) is 3. The fourth-order valence-electron chi connectivity index (χ4n) is 3.71. The SMILES string of the molecule is CCC1CCCC(C(Cc2ncnn2CC(C)C)NC)C1. The van der Waals surface area contributed by atoms with E-state index in [4.69, 9.17) is 0 Å². The van der Waals surface area contributed by atoms with Crippen molar-refractivity contribution in [3.63, 3.8) is 0 Å². The molecule has 120 valence electrons. The quantitative estimate of drug-likeness (QED) is 0.838. The smallest absolute Gasteiger partial charge is 0.138 e. The third-order valence-corrected chi connectivity index (χ3v) is 4.98. The monoisotopic (exact) mass is 292 g/mol. The van der Waals surface area contributed by atoms with E-state index in [0.29, 0.717) is 12.0 Å². The Morgan fingerprint density at radius 3 is 2.86 bits per heavy atom. The molecule has 3 atom stereocenters.